The first-order valence-corrected chi connectivity index (χ1v) is 5.77. The van der Waals surface area contributed by atoms with Crippen molar-refractivity contribution >= 4 is 17.8 Å². The molecule has 0 aliphatic carbocycles. The predicted molar refractivity (Wildman–Crippen MR) is 70.2 cm³/mol. The second-order valence-corrected chi connectivity index (χ2v) is 4.13. The highest BCUT2D eigenvalue weighted by molar-refractivity contribution is 6.30. The molecule has 2 nitrogen and oxygen atoms in total. The summed E-state index contributed by atoms with van der Waals surface area (Å²) >= 11 is 5.76. The van der Waals surface area contributed by atoms with Crippen molar-refractivity contribution in [2.45, 2.75) is 6.61 Å². The van der Waals surface area contributed by atoms with Crippen LogP contribution in [0.15, 0.2) is 53.7 Å². The summed E-state index contributed by atoms with van der Waals surface area (Å²) in [6, 6.07) is 13.4. The Hall–Kier alpha value is -1.87. The maximum Gasteiger partial charge on any atom is 0.142 e. The van der Waals surface area contributed by atoms with Gasteiger partial charge < -0.3 is 4.84 Å². The summed E-state index contributed by atoms with van der Waals surface area (Å²) in [4.78, 5) is 5.11. The van der Waals surface area contributed by atoms with Crippen LogP contribution < -0.4 is 0 Å². The normalized spacial score (nSPS) is 10.8. The third kappa shape index (κ3) is 3.86. The fourth-order valence-electron chi connectivity index (χ4n) is 1.38. The number of oxime groups is 1. The van der Waals surface area contributed by atoms with E-state index in [2.05, 4.69) is 5.16 Å². The fraction of sp³-hybridized carbons (Fsp3) is 0.0714. The van der Waals surface area contributed by atoms with Crippen molar-refractivity contribution in [1.82, 2.24) is 0 Å². The first-order valence-electron chi connectivity index (χ1n) is 5.39. The van der Waals surface area contributed by atoms with E-state index in [0.717, 1.165) is 5.56 Å². The Morgan fingerprint density at radius 3 is 2.67 bits per heavy atom. The molecule has 4 heteroatoms. The molecule has 18 heavy (non-hydrogen) atoms. The molecule has 0 aliphatic heterocycles. The molecule has 0 heterocycles. The molecule has 0 N–H and O–H groups in total. The molecule has 2 aromatic carbocycles. The highest BCUT2D eigenvalue weighted by Crippen LogP contribution is 2.10. The monoisotopic (exact) mass is 263 g/mol. The largest absolute Gasteiger partial charge is 0.391 e. The molecule has 0 aromatic heterocycles. The average molecular weight is 264 g/mol. The first-order chi connectivity index (χ1) is 8.74. The van der Waals surface area contributed by atoms with Gasteiger partial charge in [0.1, 0.15) is 12.4 Å². The van der Waals surface area contributed by atoms with Gasteiger partial charge in [-0.15, -0.1) is 0 Å². The Morgan fingerprint density at radius 2 is 1.94 bits per heavy atom. The molecule has 0 saturated heterocycles. The van der Waals surface area contributed by atoms with Crippen molar-refractivity contribution < 1.29 is 9.23 Å². The third-order valence-electron chi connectivity index (χ3n) is 2.27. The molecule has 0 fully saturated rings. The summed E-state index contributed by atoms with van der Waals surface area (Å²) in [7, 11) is 0. The Kier molecular flexibility index (Phi) is 4.31. The van der Waals surface area contributed by atoms with Crippen LogP contribution in [0.3, 0.4) is 0 Å². The molecular weight excluding hydrogens is 253 g/mol. The molecule has 0 amide bonds. The summed E-state index contributed by atoms with van der Waals surface area (Å²) in [6.07, 6.45) is 1.47. The first kappa shape index (κ1) is 12.6. The SMILES string of the molecule is Fc1cccc(C=NOCc2ccc(Cl)cc2)c1. The quantitative estimate of drug-likeness (QED) is 0.603. The number of rotatable bonds is 4. The lowest BCUT2D eigenvalue weighted by molar-refractivity contribution is 0.132. The predicted octanol–water partition coefficient (Wildman–Crippen LogP) is 4.03. The zero-order chi connectivity index (χ0) is 12.8. The van der Waals surface area contributed by atoms with Crippen molar-refractivity contribution in [2.24, 2.45) is 5.16 Å². The highest BCUT2D eigenvalue weighted by Gasteiger charge is 1.93. The van der Waals surface area contributed by atoms with Crippen molar-refractivity contribution in [3.63, 3.8) is 0 Å². The highest BCUT2D eigenvalue weighted by atomic mass is 35.5. The molecule has 0 spiro atoms. The van der Waals surface area contributed by atoms with Gasteiger partial charge in [0.05, 0.1) is 6.21 Å². The zero-order valence-electron chi connectivity index (χ0n) is 9.51. The molecule has 0 saturated carbocycles. The lowest BCUT2D eigenvalue weighted by Gasteiger charge is -1.99. The van der Waals surface area contributed by atoms with Gasteiger partial charge in [-0.1, -0.05) is 41.0 Å². The van der Waals surface area contributed by atoms with Crippen LogP contribution in [0.5, 0.6) is 0 Å². The third-order valence-corrected chi connectivity index (χ3v) is 2.52. The van der Waals surface area contributed by atoms with E-state index in [1.165, 1.54) is 18.3 Å². The van der Waals surface area contributed by atoms with E-state index in [1.54, 1.807) is 24.3 Å². The summed E-state index contributed by atoms with van der Waals surface area (Å²) in [5.41, 5.74) is 1.63. The average Bonchev–Trinajstić information content (AvgIpc) is 2.37. The molecular formula is C14H11ClFNO. The molecule has 0 unspecified atom stereocenters. The standard InChI is InChI=1S/C14H11ClFNO/c15-13-6-4-11(5-7-13)10-18-17-9-12-2-1-3-14(16)8-12/h1-9H,10H2. The van der Waals surface area contributed by atoms with Crippen LogP contribution in [0.4, 0.5) is 4.39 Å². The maximum absolute atomic E-state index is 12.9. The summed E-state index contributed by atoms with van der Waals surface area (Å²) < 4.78 is 12.9. The van der Waals surface area contributed by atoms with Gasteiger partial charge in [0, 0.05) is 5.02 Å². The summed E-state index contributed by atoms with van der Waals surface area (Å²) in [6.45, 7) is 0.350. The van der Waals surface area contributed by atoms with Crippen molar-refractivity contribution in [3.05, 3.63) is 70.5 Å². The van der Waals surface area contributed by atoms with Crippen molar-refractivity contribution in [2.75, 3.05) is 0 Å². The topological polar surface area (TPSA) is 21.6 Å². The van der Waals surface area contributed by atoms with E-state index >= 15 is 0 Å². The van der Waals surface area contributed by atoms with E-state index in [-0.39, 0.29) is 5.82 Å². The second kappa shape index (κ2) is 6.17. The molecule has 2 aromatic rings. The van der Waals surface area contributed by atoms with E-state index in [1.807, 2.05) is 12.1 Å². The molecule has 2 rings (SSSR count). The van der Waals surface area contributed by atoms with E-state index in [9.17, 15) is 4.39 Å². The Bertz CT molecular complexity index is 540. The molecule has 92 valence electrons. The van der Waals surface area contributed by atoms with Crippen LogP contribution in [-0.2, 0) is 11.4 Å². The van der Waals surface area contributed by atoms with E-state index in [4.69, 9.17) is 16.4 Å². The van der Waals surface area contributed by atoms with E-state index in [0.29, 0.717) is 17.2 Å². The van der Waals surface area contributed by atoms with Gasteiger partial charge in [0.25, 0.3) is 0 Å². The van der Waals surface area contributed by atoms with Crippen LogP contribution in [0.25, 0.3) is 0 Å². The lowest BCUT2D eigenvalue weighted by atomic mass is 10.2. The Balaban J connectivity index is 1.87. The number of hydrogen-bond acceptors (Lipinski definition) is 2. The van der Waals surface area contributed by atoms with Gasteiger partial charge in [-0.3, -0.25) is 0 Å². The molecule has 0 radical (unpaired) electrons. The minimum absolute atomic E-state index is 0.295. The maximum atomic E-state index is 12.9. The van der Waals surface area contributed by atoms with Gasteiger partial charge in [0.2, 0.25) is 0 Å². The van der Waals surface area contributed by atoms with Gasteiger partial charge in [-0.05, 0) is 35.4 Å². The van der Waals surface area contributed by atoms with Crippen LogP contribution in [0.1, 0.15) is 11.1 Å². The summed E-state index contributed by atoms with van der Waals surface area (Å²) in [5.74, 6) is -0.295. The fourth-order valence-corrected chi connectivity index (χ4v) is 1.50. The minimum atomic E-state index is -0.295. The van der Waals surface area contributed by atoms with Gasteiger partial charge in [-0.2, -0.15) is 0 Å². The summed E-state index contributed by atoms with van der Waals surface area (Å²) in [5, 5.41) is 4.46. The molecule has 0 aliphatic rings. The lowest BCUT2D eigenvalue weighted by Crippen LogP contribution is -1.88. The number of halogens is 2. The van der Waals surface area contributed by atoms with Gasteiger partial charge in [0.15, 0.2) is 0 Å². The number of benzene rings is 2. The van der Waals surface area contributed by atoms with Gasteiger partial charge >= 0.3 is 0 Å². The number of hydrogen-bond donors (Lipinski definition) is 0. The van der Waals surface area contributed by atoms with Crippen molar-refractivity contribution in [3.8, 4) is 0 Å². The smallest absolute Gasteiger partial charge is 0.142 e. The van der Waals surface area contributed by atoms with Crippen LogP contribution >= 0.6 is 11.6 Å². The Morgan fingerprint density at radius 1 is 1.17 bits per heavy atom. The number of nitrogens with zero attached hydrogens (tertiary/aromatic N) is 1. The van der Waals surface area contributed by atoms with Crippen LogP contribution in [-0.4, -0.2) is 6.21 Å². The van der Waals surface area contributed by atoms with Crippen LogP contribution in [0, 0.1) is 5.82 Å². The Labute approximate surface area is 110 Å². The van der Waals surface area contributed by atoms with E-state index < -0.39 is 0 Å². The minimum Gasteiger partial charge on any atom is -0.391 e. The molecule has 0 atom stereocenters. The second-order valence-electron chi connectivity index (χ2n) is 3.69. The van der Waals surface area contributed by atoms with Gasteiger partial charge in [-0.25, -0.2) is 4.39 Å². The zero-order valence-corrected chi connectivity index (χ0v) is 10.3. The van der Waals surface area contributed by atoms with Crippen LogP contribution in [0.2, 0.25) is 5.02 Å². The van der Waals surface area contributed by atoms with Crippen molar-refractivity contribution in [1.29, 1.82) is 0 Å². The molecule has 0 bridgehead atoms.